The molecule has 1 aliphatic rings. The van der Waals surface area contributed by atoms with Gasteiger partial charge in [0.2, 0.25) is 0 Å². The van der Waals surface area contributed by atoms with Crippen molar-refractivity contribution >= 4 is 6.09 Å². The van der Waals surface area contributed by atoms with Crippen LogP contribution in [0.5, 0.6) is 0 Å². The molecule has 1 aromatic rings. The number of aliphatic hydroxyl groups excluding tert-OH is 1. The summed E-state index contributed by atoms with van der Waals surface area (Å²) >= 11 is 0. The second kappa shape index (κ2) is 11.3. The lowest BCUT2D eigenvalue weighted by molar-refractivity contribution is 0.0498. The second-order valence-electron chi connectivity index (χ2n) is 7.90. The Bertz CT molecular complexity index is 572. The molecule has 5 nitrogen and oxygen atoms in total. The number of benzene rings is 1. The molecule has 154 valence electrons. The zero-order chi connectivity index (χ0) is 20.4. The van der Waals surface area contributed by atoms with Gasteiger partial charge < -0.3 is 20.1 Å². The summed E-state index contributed by atoms with van der Waals surface area (Å²) in [5, 5.41) is 12.1. The fraction of sp³-hybridized carbons (Fsp3) is 0.682. The van der Waals surface area contributed by atoms with Crippen LogP contribution in [0.15, 0.2) is 18.2 Å². The van der Waals surface area contributed by atoms with E-state index in [-0.39, 0.29) is 18.7 Å². The number of nitrogens with one attached hydrogen (secondary N) is 1. The molecule has 1 atom stereocenters. The Morgan fingerprint density at radius 1 is 1.22 bits per heavy atom. The smallest absolute Gasteiger partial charge is 0.408 e. The van der Waals surface area contributed by atoms with Gasteiger partial charge in [-0.2, -0.15) is 0 Å². The van der Waals surface area contributed by atoms with Gasteiger partial charge in [0, 0.05) is 0 Å². The molecule has 1 aromatic carbocycles. The molecule has 0 aliphatic heterocycles. The van der Waals surface area contributed by atoms with Crippen molar-refractivity contribution < 1.29 is 14.6 Å². The minimum atomic E-state index is -0.484. The molecule has 0 fully saturated rings. The molecule has 0 saturated heterocycles. The summed E-state index contributed by atoms with van der Waals surface area (Å²) in [7, 11) is 0. The fourth-order valence-electron chi connectivity index (χ4n) is 3.24. The number of alkyl carbamates (subject to hydrolysis) is 1. The molecule has 5 heteroatoms. The normalized spacial score (nSPS) is 16.2. The van der Waals surface area contributed by atoms with Crippen LogP contribution in [0.3, 0.4) is 0 Å². The largest absolute Gasteiger partial charge is 0.444 e. The molecule has 2 rings (SSSR count). The topological polar surface area (TPSA) is 61.8 Å². The summed E-state index contributed by atoms with van der Waals surface area (Å²) in [4.78, 5) is 14.3. The number of carbonyl (C=O) groups is 1. The molecule has 1 aliphatic carbocycles. The van der Waals surface area contributed by atoms with Gasteiger partial charge in [0.05, 0.1) is 12.6 Å². The van der Waals surface area contributed by atoms with Crippen molar-refractivity contribution in [2.24, 2.45) is 0 Å². The number of ether oxygens (including phenoxy) is 1. The third kappa shape index (κ3) is 8.31. The van der Waals surface area contributed by atoms with Crippen molar-refractivity contribution in [3.05, 3.63) is 34.9 Å². The Morgan fingerprint density at radius 2 is 1.85 bits per heavy atom. The number of nitrogens with zero attached hydrogens (tertiary/aromatic N) is 1. The predicted molar refractivity (Wildman–Crippen MR) is 111 cm³/mol. The Morgan fingerprint density at radius 3 is 2.33 bits per heavy atom. The van der Waals surface area contributed by atoms with Crippen molar-refractivity contribution in [2.75, 3.05) is 19.6 Å². The van der Waals surface area contributed by atoms with E-state index >= 15 is 0 Å². The van der Waals surface area contributed by atoms with E-state index in [0.717, 1.165) is 30.4 Å². The van der Waals surface area contributed by atoms with E-state index in [2.05, 4.69) is 31.0 Å². The third-order valence-electron chi connectivity index (χ3n) is 4.74. The van der Waals surface area contributed by atoms with Crippen molar-refractivity contribution in [3.8, 4) is 0 Å². The van der Waals surface area contributed by atoms with Crippen LogP contribution in [-0.4, -0.2) is 41.3 Å². The maximum absolute atomic E-state index is 11.9. The van der Waals surface area contributed by atoms with Gasteiger partial charge in [-0.25, -0.2) is 4.79 Å². The van der Waals surface area contributed by atoms with Gasteiger partial charge in [0.1, 0.15) is 5.60 Å². The van der Waals surface area contributed by atoms with Crippen LogP contribution >= 0.6 is 0 Å². The number of fused-ring (bicyclic) bond motifs is 1. The molecular weight excluding hydrogens is 340 g/mol. The highest BCUT2D eigenvalue weighted by Crippen LogP contribution is 2.30. The molecule has 0 unspecified atom stereocenters. The summed E-state index contributed by atoms with van der Waals surface area (Å²) in [6.07, 6.45) is 2.57. The molecule has 0 radical (unpaired) electrons. The number of hydrogen-bond donors (Lipinski definition) is 2. The Hall–Kier alpha value is -1.59. The minimum absolute atomic E-state index is 0.00124. The minimum Gasteiger partial charge on any atom is -0.444 e. The number of hydrogen-bond acceptors (Lipinski definition) is 4. The van der Waals surface area contributed by atoms with Gasteiger partial charge >= 0.3 is 6.09 Å². The molecule has 0 spiro atoms. The molecule has 0 saturated carbocycles. The first-order chi connectivity index (χ1) is 12.7. The standard InChI is InChI=1S/C16H23NO3.C6H15N/c1-16(2,3)20-15(19)17-14-6-4-5-12-9-11(10-18)7-8-13(12)14;1-4-7(5-2)6-3/h7-9,14,18H,4-6,10H2,1-3H3,(H,17,19);4-6H2,1-3H3/t14-;/m1./s1. The molecule has 2 N–H and O–H groups in total. The summed E-state index contributed by atoms with van der Waals surface area (Å²) in [5.74, 6) is 0. The molecule has 1 amide bonds. The second-order valence-corrected chi connectivity index (χ2v) is 7.90. The van der Waals surface area contributed by atoms with Gasteiger partial charge in [-0.3, -0.25) is 0 Å². The Balaban J connectivity index is 0.000000445. The van der Waals surface area contributed by atoms with E-state index in [9.17, 15) is 9.90 Å². The monoisotopic (exact) mass is 378 g/mol. The van der Waals surface area contributed by atoms with E-state index in [4.69, 9.17) is 4.74 Å². The lowest BCUT2D eigenvalue weighted by Gasteiger charge is -2.28. The van der Waals surface area contributed by atoms with Crippen molar-refractivity contribution in [2.45, 2.75) is 79.1 Å². The van der Waals surface area contributed by atoms with Crippen LogP contribution in [0.4, 0.5) is 4.79 Å². The maximum atomic E-state index is 11.9. The molecule has 0 bridgehead atoms. The van der Waals surface area contributed by atoms with Gasteiger partial charge in [-0.1, -0.05) is 39.0 Å². The summed E-state index contributed by atoms with van der Waals surface area (Å²) in [6.45, 7) is 15.7. The fourth-order valence-corrected chi connectivity index (χ4v) is 3.24. The van der Waals surface area contributed by atoms with E-state index < -0.39 is 5.60 Å². The average molecular weight is 379 g/mol. The quantitative estimate of drug-likeness (QED) is 0.796. The molecular formula is C22H38N2O3. The van der Waals surface area contributed by atoms with Crippen LogP contribution in [0.1, 0.15) is 77.1 Å². The van der Waals surface area contributed by atoms with E-state index in [1.165, 1.54) is 25.2 Å². The van der Waals surface area contributed by atoms with Crippen molar-refractivity contribution in [3.63, 3.8) is 0 Å². The van der Waals surface area contributed by atoms with E-state index in [1.807, 2.05) is 39.0 Å². The predicted octanol–water partition coefficient (Wildman–Crippen LogP) is 4.43. The van der Waals surface area contributed by atoms with Gasteiger partial charge in [0.25, 0.3) is 0 Å². The van der Waals surface area contributed by atoms with E-state index in [0.29, 0.717) is 0 Å². The summed E-state index contributed by atoms with van der Waals surface area (Å²) < 4.78 is 5.31. The number of amides is 1. The Labute approximate surface area is 165 Å². The molecule has 0 heterocycles. The average Bonchev–Trinajstić information content (AvgIpc) is 2.62. The van der Waals surface area contributed by atoms with Gasteiger partial charge in [-0.15, -0.1) is 0 Å². The third-order valence-corrected chi connectivity index (χ3v) is 4.74. The van der Waals surface area contributed by atoms with Crippen LogP contribution in [-0.2, 0) is 17.8 Å². The number of aryl methyl sites for hydroxylation is 1. The zero-order valence-corrected chi connectivity index (χ0v) is 18.0. The maximum Gasteiger partial charge on any atom is 0.408 e. The van der Waals surface area contributed by atoms with Crippen LogP contribution < -0.4 is 5.32 Å². The number of carbonyl (C=O) groups excluding carboxylic acids is 1. The van der Waals surface area contributed by atoms with Crippen LogP contribution in [0, 0.1) is 0 Å². The SMILES string of the molecule is CC(C)(C)OC(=O)N[C@@H]1CCCc2cc(CO)ccc21.CCN(CC)CC. The highest BCUT2D eigenvalue weighted by Gasteiger charge is 2.24. The highest BCUT2D eigenvalue weighted by molar-refractivity contribution is 5.68. The summed E-state index contributed by atoms with van der Waals surface area (Å²) in [6, 6.07) is 5.94. The molecule has 27 heavy (non-hydrogen) atoms. The van der Waals surface area contributed by atoms with Gasteiger partial charge in [-0.05, 0) is 76.4 Å². The first kappa shape index (κ1) is 23.4. The van der Waals surface area contributed by atoms with E-state index in [1.54, 1.807) is 0 Å². The highest BCUT2D eigenvalue weighted by atomic mass is 16.6. The first-order valence-electron chi connectivity index (χ1n) is 10.2. The van der Waals surface area contributed by atoms with Crippen molar-refractivity contribution in [1.82, 2.24) is 10.2 Å². The molecule has 0 aromatic heterocycles. The lowest BCUT2D eigenvalue weighted by Crippen LogP contribution is -2.36. The Kier molecular flexibility index (Phi) is 9.81. The van der Waals surface area contributed by atoms with Gasteiger partial charge in [0.15, 0.2) is 0 Å². The lowest BCUT2D eigenvalue weighted by atomic mass is 9.87. The summed E-state index contributed by atoms with van der Waals surface area (Å²) in [5.41, 5.74) is 2.78. The van der Waals surface area contributed by atoms with Crippen LogP contribution in [0.25, 0.3) is 0 Å². The van der Waals surface area contributed by atoms with Crippen molar-refractivity contribution in [1.29, 1.82) is 0 Å². The first-order valence-corrected chi connectivity index (χ1v) is 10.2. The number of rotatable bonds is 5. The van der Waals surface area contributed by atoms with Crippen LogP contribution in [0.2, 0.25) is 0 Å². The zero-order valence-electron chi connectivity index (χ0n) is 18.0. The number of aliphatic hydroxyl groups is 1.